The summed E-state index contributed by atoms with van der Waals surface area (Å²) in [6.45, 7) is 4.28. The Morgan fingerprint density at radius 3 is 2.47 bits per heavy atom. The summed E-state index contributed by atoms with van der Waals surface area (Å²) in [5.74, 6) is -0.0965. The van der Waals surface area contributed by atoms with Crippen molar-refractivity contribution in [2.45, 2.75) is 50.5 Å². The largest absolute Gasteiger partial charge is 0.407 e. The summed E-state index contributed by atoms with van der Waals surface area (Å²) in [5.41, 5.74) is 3.23. The molecule has 3 aromatic rings. The fourth-order valence-corrected chi connectivity index (χ4v) is 5.42. The van der Waals surface area contributed by atoms with E-state index in [1.54, 1.807) is 24.3 Å². The standard InChI is InChI=1S/C23H26N4O4S/c1-3-17-8-10-18(11-9-17)15-21-25-26-23(31-21)24-22(28)20-5-4-14-27(20)32(29,30)19-12-6-16(2)7-13-19/h6-13,20H,3-5,14-15H2,1-2H3,(H,24,26,28). The van der Waals surface area contributed by atoms with E-state index in [-0.39, 0.29) is 17.5 Å². The molecule has 8 nitrogen and oxygen atoms in total. The van der Waals surface area contributed by atoms with Crippen molar-refractivity contribution in [2.24, 2.45) is 0 Å². The van der Waals surface area contributed by atoms with Crippen molar-refractivity contribution in [1.29, 1.82) is 0 Å². The lowest BCUT2D eigenvalue weighted by Gasteiger charge is -2.22. The second-order valence-electron chi connectivity index (χ2n) is 7.92. The maximum Gasteiger partial charge on any atom is 0.322 e. The fraction of sp³-hybridized carbons (Fsp3) is 0.348. The molecule has 1 unspecified atom stereocenters. The Morgan fingerprint density at radius 2 is 1.78 bits per heavy atom. The van der Waals surface area contributed by atoms with Gasteiger partial charge in [-0.1, -0.05) is 54.0 Å². The van der Waals surface area contributed by atoms with Gasteiger partial charge in [0.1, 0.15) is 6.04 Å². The van der Waals surface area contributed by atoms with Crippen LogP contribution in [0.5, 0.6) is 0 Å². The minimum Gasteiger partial charge on any atom is -0.407 e. The van der Waals surface area contributed by atoms with Crippen molar-refractivity contribution >= 4 is 21.9 Å². The number of aromatic nitrogens is 2. The molecular weight excluding hydrogens is 428 g/mol. The molecule has 1 atom stereocenters. The molecule has 0 aliphatic carbocycles. The molecule has 1 fully saturated rings. The maximum atomic E-state index is 13.1. The highest BCUT2D eigenvalue weighted by molar-refractivity contribution is 7.89. The predicted molar refractivity (Wildman–Crippen MR) is 120 cm³/mol. The first-order valence-corrected chi connectivity index (χ1v) is 12.1. The normalized spacial score (nSPS) is 16.9. The van der Waals surface area contributed by atoms with Crippen LogP contribution in [0.1, 0.15) is 42.3 Å². The highest BCUT2D eigenvalue weighted by Gasteiger charge is 2.39. The first-order valence-electron chi connectivity index (χ1n) is 10.7. The van der Waals surface area contributed by atoms with E-state index in [4.69, 9.17) is 4.42 Å². The number of carbonyl (C=O) groups excluding carboxylic acids is 1. The van der Waals surface area contributed by atoms with Crippen LogP contribution in [0.3, 0.4) is 0 Å². The van der Waals surface area contributed by atoms with Gasteiger partial charge in [-0.05, 0) is 49.4 Å². The van der Waals surface area contributed by atoms with Crippen molar-refractivity contribution < 1.29 is 17.6 Å². The number of hydrogen-bond acceptors (Lipinski definition) is 6. The van der Waals surface area contributed by atoms with Crippen molar-refractivity contribution in [3.8, 4) is 0 Å². The lowest BCUT2D eigenvalue weighted by Crippen LogP contribution is -2.43. The first-order chi connectivity index (χ1) is 15.4. The number of anilines is 1. The number of carbonyl (C=O) groups is 1. The van der Waals surface area contributed by atoms with E-state index >= 15 is 0 Å². The highest BCUT2D eigenvalue weighted by Crippen LogP contribution is 2.27. The van der Waals surface area contributed by atoms with E-state index < -0.39 is 22.0 Å². The average molecular weight is 455 g/mol. The molecule has 0 saturated carbocycles. The summed E-state index contributed by atoms with van der Waals surface area (Å²) in [5, 5.41) is 10.5. The van der Waals surface area contributed by atoms with Gasteiger partial charge in [-0.2, -0.15) is 4.31 Å². The Balaban J connectivity index is 1.43. The van der Waals surface area contributed by atoms with Gasteiger partial charge in [-0.25, -0.2) is 8.42 Å². The van der Waals surface area contributed by atoms with Crippen LogP contribution in [0.2, 0.25) is 0 Å². The van der Waals surface area contributed by atoms with Crippen LogP contribution in [0.4, 0.5) is 6.01 Å². The third kappa shape index (κ3) is 4.73. The molecule has 1 amide bonds. The Morgan fingerprint density at radius 1 is 1.09 bits per heavy atom. The van der Waals surface area contributed by atoms with E-state index in [9.17, 15) is 13.2 Å². The van der Waals surface area contributed by atoms with Gasteiger partial charge in [0.2, 0.25) is 21.8 Å². The number of benzene rings is 2. The SMILES string of the molecule is CCc1ccc(Cc2nnc(NC(=O)C3CCCN3S(=O)(=O)c3ccc(C)cc3)o2)cc1. The molecule has 1 saturated heterocycles. The first kappa shape index (κ1) is 22.2. The van der Waals surface area contributed by atoms with Crippen LogP contribution in [0, 0.1) is 6.92 Å². The van der Waals surface area contributed by atoms with Gasteiger partial charge in [0, 0.05) is 6.54 Å². The summed E-state index contributed by atoms with van der Waals surface area (Å²) in [6, 6.07) is 13.9. The Kier molecular flexibility index (Phi) is 6.38. The van der Waals surface area contributed by atoms with Crippen LogP contribution >= 0.6 is 0 Å². The summed E-state index contributed by atoms with van der Waals surface area (Å²) in [6.07, 6.45) is 2.45. The maximum absolute atomic E-state index is 13.1. The Bertz CT molecular complexity index is 1190. The summed E-state index contributed by atoms with van der Waals surface area (Å²) in [7, 11) is -3.78. The van der Waals surface area contributed by atoms with Crippen molar-refractivity contribution in [3.05, 3.63) is 71.1 Å². The summed E-state index contributed by atoms with van der Waals surface area (Å²) in [4.78, 5) is 13.0. The van der Waals surface area contributed by atoms with Gasteiger partial charge in [-0.15, -0.1) is 5.10 Å². The lowest BCUT2D eigenvalue weighted by atomic mass is 10.1. The van der Waals surface area contributed by atoms with E-state index in [0.717, 1.165) is 17.5 Å². The van der Waals surface area contributed by atoms with Crippen molar-refractivity contribution in [3.63, 3.8) is 0 Å². The highest BCUT2D eigenvalue weighted by atomic mass is 32.2. The molecule has 2 heterocycles. The quantitative estimate of drug-likeness (QED) is 0.587. The van der Waals surface area contributed by atoms with Gasteiger partial charge in [0.25, 0.3) is 0 Å². The second-order valence-corrected chi connectivity index (χ2v) is 9.81. The third-order valence-corrected chi connectivity index (χ3v) is 7.54. The molecule has 0 spiro atoms. The zero-order valence-electron chi connectivity index (χ0n) is 18.1. The van der Waals surface area contributed by atoms with Gasteiger partial charge in [0.05, 0.1) is 11.3 Å². The predicted octanol–water partition coefficient (Wildman–Crippen LogP) is 3.32. The van der Waals surface area contributed by atoms with E-state index in [1.165, 1.54) is 9.87 Å². The van der Waals surface area contributed by atoms with Gasteiger partial charge < -0.3 is 4.42 Å². The van der Waals surface area contributed by atoms with Crippen LogP contribution in [0.25, 0.3) is 0 Å². The number of hydrogen-bond donors (Lipinski definition) is 1. The lowest BCUT2D eigenvalue weighted by molar-refractivity contribution is -0.119. The van der Waals surface area contributed by atoms with Crippen LogP contribution < -0.4 is 5.32 Å². The summed E-state index contributed by atoms with van der Waals surface area (Å²) < 4.78 is 32.9. The van der Waals surface area contributed by atoms with Crippen molar-refractivity contribution in [1.82, 2.24) is 14.5 Å². The van der Waals surface area contributed by atoms with Crippen LogP contribution in [0.15, 0.2) is 57.8 Å². The summed E-state index contributed by atoms with van der Waals surface area (Å²) >= 11 is 0. The molecule has 0 bridgehead atoms. The topological polar surface area (TPSA) is 105 Å². The zero-order valence-corrected chi connectivity index (χ0v) is 18.9. The number of rotatable bonds is 7. The van der Waals surface area contributed by atoms with E-state index in [0.29, 0.717) is 25.2 Å². The number of nitrogens with zero attached hydrogens (tertiary/aromatic N) is 3. The smallest absolute Gasteiger partial charge is 0.322 e. The van der Waals surface area contributed by atoms with Gasteiger partial charge >= 0.3 is 6.01 Å². The molecule has 32 heavy (non-hydrogen) atoms. The molecule has 2 aromatic carbocycles. The number of nitrogens with one attached hydrogen (secondary N) is 1. The van der Waals surface area contributed by atoms with Gasteiger partial charge in [0.15, 0.2) is 0 Å². The molecule has 1 aliphatic heterocycles. The number of sulfonamides is 1. The van der Waals surface area contributed by atoms with E-state index in [1.807, 2.05) is 19.1 Å². The Hall–Kier alpha value is -3.04. The second kappa shape index (κ2) is 9.22. The molecule has 9 heteroatoms. The van der Waals surface area contributed by atoms with Gasteiger partial charge in [-0.3, -0.25) is 10.1 Å². The number of amides is 1. The third-order valence-electron chi connectivity index (χ3n) is 5.62. The molecule has 1 aliphatic rings. The minimum atomic E-state index is -3.78. The fourth-order valence-electron chi connectivity index (χ4n) is 3.77. The molecule has 1 N–H and O–H groups in total. The monoisotopic (exact) mass is 454 g/mol. The average Bonchev–Trinajstić information content (AvgIpc) is 3.45. The molecule has 168 valence electrons. The molecule has 1 aromatic heterocycles. The minimum absolute atomic E-state index is 0.0326. The van der Waals surface area contributed by atoms with E-state index in [2.05, 4.69) is 34.6 Å². The zero-order chi connectivity index (χ0) is 22.7. The Labute approximate surface area is 187 Å². The van der Waals surface area contributed by atoms with Crippen molar-refractivity contribution in [2.75, 3.05) is 11.9 Å². The van der Waals surface area contributed by atoms with Crippen LogP contribution in [-0.4, -0.2) is 41.4 Å². The molecule has 4 rings (SSSR count). The van der Waals surface area contributed by atoms with Crippen LogP contribution in [-0.2, 0) is 27.7 Å². The number of aryl methyl sites for hydroxylation is 2. The molecular formula is C23H26N4O4S. The molecule has 0 radical (unpaired) electrons.